The van der Waals surface area contributed by atoms with Gasteiger partial charge in [0.1, 0.15) is 0 Å². The molecule has 1 N–H and O–H groups in total. The molecule has 0 aliphatic rings. The Hall–Kier alpha value is -2.25. The predicted molar refractivity (Wildman–Crippen MR) is 67.6 cm³/mol. The predicted octanol–water partition coefficient (Wildman–Crippen LogP) is 2.87. The lowest BCUT2D eigenvalue weighted by Gasteiger charge is -2.13. The molecule has 1 aromatic rings. The summed E-state index contributed by atoms with van der Waals surface area (Å²) in [5.74, 6) is -1.68. The third kappa shape index (κ3) is 6.64. The standard InChI is InChI=1S/C13H14F3NO4/c1-2-20-12(19)8-7-11(18)17-9-5-3-4-6-10(9)21-13(14,15)16/h3-6H,2,7-8H2,1H3,(H,17,18). The normalized spacial score (nSPS) is 10.9. The number of carbonyl (C=O) groups is 2. The van der Waals surface area contributed by atoms with Crippen LogP contribution in [-0.4, -0.2) is 24.8 Å². The average molecular weight is 305 g/mol. The van der Waals surface area contributed by atoms with E-state index in [0.29, 0.717) is 0 Å². The Kier molecular flexibility index (Phi) is 6.01. The number of esters is 1. The zero-order valence-electron chi connectivity index (χ0n) is 11.2. The van der Waals surface area contributed by atoms with Gasteiger partial charge >= 0.3 is 12.3 Å². The Morgan fingerprint density at radius 3 is 2.48 bits per heavy atom. The maximum Gasteiger partial charge on any atom is 0.573 e. The molecule has 8 heteroatoms. The third-order valence-corrected chi connectivity index (χ3v) is 2.25. The fourth-order valence-electron chi connectivity index (χ4n) is 1.45. The minimum atomic E-state index is -4.86. The maximum atomic E-state index is 12.2. The lowest BCUT2D eigenvalue weighted by atomic mass is 10.2. The van der Waals surface area contributed by atoms with Crippen LogP contribution in [0.5, 0.6) is 5.75 Å². The fourth-order valence-corrected chi connectivity index (χ4v) is 1.45. The van der Waals surface area contributed by atoms with Crippen molar-refractivity contribution in [3.05, 3.63) is 24.3 Å². The minimum absolute atomic E-state index is 0.122. The summed E-state index contributed by atoms with van der Waals surface area (Å²) in [5.41, 5.74) is -0.122. The number of rotatable bonds is 6. The number of hydrogen-bond acceptors (Lipinski definition) is 4. The Morgan fingerprint density at radius 1 is 1.19 bits per heavy atom. The summed E-state index contributed by atoms with van der Waals surface area (Å²) in [6, 6.07) is 5.14. The van der Waals surface area contributed by atoms with Gasteiger partial charge < -0.3 is 14.8 Å². The second-order valence-corrected chi connectivity index (χ2v) is 3.90. The number of hydrogen-bond donors (Lipinski definition) is 1. The van der Waals surface area contributed by atoms with Crippen LogP contribution in [0.3, 0.4) is 0 Å². The monoisotopic (exact) mass is 305 g/mol. The summed E-state index contributed by atoms with van der Waals surface area (Å²) in [6.45, 7) is 1.82. The zero-order valence-corrected chi connectivity index (χ0v) is 11.2. The van der Waals surface area contributed by atoms with Gasteiger partial charge in [0.25, 0.3) is 0 Å². The molecule has 1 amide bonds. The molecule has 0 bridgehead atoms. The topological polar surface area (TPSA) is 64.6 Å². The summed E-state index contributed by atoms with van der Waals surface area (Å²) >= 11 is 0. The van der Waals surface area contributed by atoms with Gasteiger partial charge in [-0.15, -0.1) is 13.2 Å². The molecule has 0 aliphatic carbocycles. The highest BCUT2D eigenvalue weighted by Crippen LogP contribution is 2.29. The van der Waals surface area contributed by atoms with Crippen LogP contribution in [0.2, 0.25) is 0 Å². The third-order valence-electron chi connectivity index (χ3n) is 2.25. The van der Waals surface area contributed by atoms with Gasteiger partial charge in [0.2, 0.25) is 5.91 Å². The molecule has 1 rings (SSSR count). The van der Waals surface area contributed by atoms with Gasteiger partial charge in [0.15, 0.2) is 5.75 Å². The SMILES string of the molecule is CCOC(=O)CCC(=O)Nc1ccccc1OC(F)(F)F. The first-order valence-corrected chi connectivity index (χ1v) is 6.12. The van der Waals surface area contributed by atoms with Gasteiger partial charge in [0.05, 0.1) is 18.7 Å². The van der Waals surface area contributed by atoms with Crippen LogP contribution in [0.15, 0.2) is 24.3 Å². The second-order valence-electron chi connectivity index (χ2n) is 3.90. The molecule has 0 saturated carbocycles. The Morgan fingerprint density at radius 2 is 1.86 bits per heavy atom. The quantitative estimate of drug-likeness (QED) is 0.821. The first-order chi connectivity index (χ1) is 9.81. The summed E-state index contributed by atoms with van der Waals surface area (Å²) in [7, 11) is 0. The van der Waals surface area contributed by atoms with E-state index in [1.807, 2.05) is 0 Å². The fraction of sp³-hybridized carbons (Fsp3) is 0.385. The Labute approximate surface area is 119 Å². The van der Waals surface area contributed by atoms with Crippen LogP contribution in [0, 0.1) is 0 Å². The molecule has 0 aliphatic heterocycles. The van der Waals surface area contributed by atoms with Crippen LogP contribution in [-0.2, 0) is 14.3 Å². The molecular weight excluding hydrogens is 291 g/mol. The summed E-state index contributed by atoms with van der Waals surface area (Å²) < 4.78 is 45.0. The molecule has 21 heavy (non-hydrogen) atoms. The number of anilines is 1. The van der Waals surface area contributed by atoms with E-state index in [1.165, 1.54) is 18.2 Å². The Bertz CT molecular complexity index is 502. The molecule has 0 radical (unpaired) electrons. The van der Waals surface area contributed by atoms with Crippen molar-refractivity contribution in [3.63, 3.8) is 0 Å². The van der Waals surface area contributed by atoms with Gasteiger partial charge in [-0.25, -0.2) is 0 Å². The highest BCUT2D eigenvalue weighted by molar-refractivity contribution is 5.93. The van der Waals surface area contributed by atoms with Crippen molar-refractivity contribution in [2.24, 2.45) is 0 Å². The highest BCUT2D eigenvalue weighted by Gasteiger charge is 2.32. The first-order valence-electron chi connectivity index (χ1n) is 6.12. The van der Waals surface area contributed by atoms with Crippen molar-refractivity contribution in [2.45, 2.75) is 26.1 Å². The molecule has 0 atom stereocenters. The van der Waals surface area contributed by atoms with E-state index in [-0.39, 0.29) is 25.1 Å². The van der Waals surface area contributed by atoms with Crippen molar-refractivity contribution in [2.75, 3.05) is 11.9 Å². The molecule has 0 aromatic heterocycles. The molecular formula is C13H14F3NO4. The van der Waals surface area contributed by atoms with Crippen molar-refractivity contribution in [1.29, 1.82) is 0 Å². The van der Waals surface area contributed by atoms with Crippen LogP contribution >= 0.6 is 0 Å². The summed E-state index contributed by atoms with van der Waals surface area (Å²) in [5, 5.41) is 2.26. The van der Waals surface area contributed by atoms with Gasteiger partial charge in [-0.1, -0.05) is 12.1 Å². The molecule has 116 valence electrons. The van der Waals surface area contributed by atoms with Gasteiger partial charge in [0, 0.05) is 6.42 Å². The van der Waals surface area contributed by atoms with Crippen LogP contribution in [0.4, 0.5) is 18.9 Å². The number of alkyl halides is 3. The highest BCUT2D eigenvalue weighted by atomic mass is 19.4. The number of amides is 1. The van der Waals surface area contributed by atoms with Crippen molar-refractivity contribution in [3.8, 4) is 5.75 Å². The molecule has 0 heterocycles. The van der Waals surface area contributed by atoms with Crippen molar-refractivity contribution < 1.29 is 32.2 Å². The summed E-state index contributed by atoms with van der Waals surface area (Å²) in [6.07, 6.45) is -5.20. The van der Waals surface area contributed by atoms with Gasteiger partial charge in [-0.05, 0) is 19.1 Å². The smallest absolute Gasteiger partial charge is 0.466 e. The van der Waals surface area contributed by atoms with E-state index in [9.17, 15) is 22.8 Å². The van der Waals surface area contributed by atoms with Crippen LogP contribution < -0.4 is 10.1 Å². The molecule has 0 spiro atoms. The first kappa shape index (κ1) is 16.8. The zero-order chi connectivity index (χ0) is 15.9. The van der Waals surface area contributed by atoms with E-state index in [4.69, 9.17) is 0 Å². The summed E-state index contributed by atoms with van der Waals surface area (Å²) in [4.78, 5) is 22.7. The van der Waals surface area contributed by atoms with Crippen molar-refractivity contribution in [1.82, 2.24) is 0 Å². The van der Waals surface area contributed by atoms with E-state index >= 15 is 0 Å². The maximum absolute atomic E-state index is 12.2. The van der Waals surface area contributed by atoms with E-state index in [1.54, 1.807) is 6.92 Å². The van der Waals surface area contributed by atoms with Gasteiger partial charge in [-0.3, -0.25) is 9.59 Å². The molecule has 0 unspecified atom stereocenters. The molecule has 5 nitrogen and oxygen atoms in total. The van der Waals surface area contributed by atoms with E-state index < -0.39 is 24.0 Å². The molecule has 1 aromatic carbocycles. The van der Waals surface area contributed by atoms with Gasteiger partial charge in [-0.2, -0.15) is 0 Å². The number of ether oxygens (including phenoxy) is 2. The van der Waals surface area contributed by atoms with Crippen LogP contribution in [0.25, 0.3) is 0 Å². The van der Waals surface area contributed by atoms with E-state index in [0.717, 1.165) is 6.07 Å². The molecule has 0 saturated heterocycles. The average Bonchev–Trinajstić information content (AvgIpc) is 2.37. The lowest BCUT2D eigenvalue weighted by Crippen LogP contribution is -2.20. The Balaban J connectivity index is 2.62. The van der Waals surface area contributed by atoms with E-state index in [2.05, 4.69) is 14.8 Å². The number of nitrogens with one attached hydrogen (secondary N) is 1. The lowest BCUT2D eigenvalue weighted by molar-refractivity contribution is -0.274. The number of benzene rings is 1. The molecule has 0 fully saturated rings. The second kappa shape index (κ2) is 7.51. The minimum Gasteiger partial charge on any atom is -0.466 e. The number of para-hydroxylation sites is 2. The number of carbonyl (C=O) groups excluding carboxylic acids is 2. The van der Waals surface area contributed by atoms with Crippen molar-refractivity contribution >= 4 is 17.6 Å². The van der Waals surface area contributed by atoms with Crippen LogP contribution in [0.1, 0.15) is 19.8 Å². The number of halogens is 3. The largest absolute Gasteiger partial charge is 0.573 e.